The Bertz CT molecular complexity index is 821. The van der Waals surface area contributed by atoms with E-state index >= 15 is 0 Å². The van der Waals surface area contributed by atoms with Crippen LogP contribution in [0.4, 0.5) is 0 Å². The van der Waals surface area contributed by atoms with Crippen molar-refractivity contribution >= 4 is 16.7 Å². The maximum atomic E-state index is 12.4. The molecule has 3 rings (SSSR count). The van der Waals surface area contributed by atoms with Gasteiger partial charge in [0.15, 0.2) is 0 Å². The number of benzene rings is 2. The van der Waals surface area contributed by atoms with E-state index in [9.17, 15) is 9.90 Å². The molecule has 0 aliphatic heterocycles. The normalized spacial score (nSPS) is 12.1. The van der Waals surface area contributed by atoms with Crippen molar-refractivity contribution in [2.45, 2.75) is 19.6 Å². The van der Waals surface area contributed by atoms with Gasteiger partial charge in [-0.3, -0.25) is 9.78 Å². The standard InChI is InChI=1S/C19H18N2O2/c1-13(22)15-8-6-14(7-9-15)12-21-19(23)18-17-5-3-2-4-16(17)10-11-20-18/h2-11,13,22H,12H2,1H3,(H,21,23)/t13-/m0/s1. The second kappa shape index (κ2) is 6.58. The van der Waals surface area contributed by atoms with Crippen molar-refractivity contribution in [1.29, 1.82) is 0 Å². The molecule has 2 aromatic carbocycles. The third-order valence-electron chi connectivity index (χ3n) is 3.80. The minimum atomic E-state index is -0.487. The van der Waals surface area contributed by atoms with Crippen molar-refractivity contribution in [3.8, 4) is 0 Å². The lowest BCUT2D eigenvalue weighted by molar-refractivity contribution is 0.0947. The first kappa shape index (κ1) is 15.2. The molecule has 0 saturated heterocycles. The van der Waals surface area contributed by atoms with Crippen LogP contribution in [-0.2, 0) is 6.54 Å². The van der Waals surface area contributed by atoms with Gasteiger partial charge in [-0.1, -0.05) is 48.5 Å². The van der Waals surface area contributed by atoms with Crippen molar-refractivity contribution in [3.05, 3.63) is 77.6 Å². The van der Waals surface area contributed by atoms with E-state index in [0.29, 0.717) is 12.2 Å². The maximum Gasteiger partial charge on any atom is 0.270 e. The van der Waals surface area contributed by atoms with Crippen LogP contribution in [0, 0.1) is 0 Å². The summed E-state index contributed by atoms with van der Waals surface area (Å²) < 4.78 is 0. The van der Waals surface area contributed by atoms with Crippen molar-refractivity contribution in [2.75, 3.05) is 0 Å². The number of hydrogen-bond acceptors (Lipinski definition) is 3. The number of aliphatic hydroxyl groups excluding tert-OH is 1. The van der Waals surface area contributed by atoms with E-state index in [1.54, 1.807) is 13.1 Å². The largest absolute Gasteiger partial charge is 0.389 e. The zero-order valence-corrected chi connectivity index (χ0v) is 12.9. The summed E-state index contributed by atoms with van der Waals surface area (Å²) in [5, 5.41) is 14.2. The Morgan fingerprint density at radius 1 is 1.13 bits per heavy atom. The highest BCUT2D eigenvalue weighted by Crippen LogP contribution is 2.16. The number of pyridine rings is 1. The minimum Gasteiger partial charge on any atom is -0.389 e. The van der Waals surface area contributed by atoms with Gasteiger partial charge in [0.05, 0.1) is 6.10 Å². The Kier molecular flexibility index (Phi) is 4.35. The summed E-state index contributed by atoms with van der Waals surface area (Å²) in [4.78, 5) is 16.6. The third-order valence-corrected chi connectivity index (χ3v) is 3.80. The van der Waals surface area contributed by atoms with E-state index in [-0.39, 0.29) is 5.91 Å². The van der Waals surface area contributed by atoms with Crippen molar-refractivity contribution in [2.24, 2.45) is 0 Å². The maximum absolute atomic E-state index is 12.4. The topological polar surface area (TPSA) is 62.2 Å². The molecule has 23 heavy (non-hydrogen) atoms. The Morgan fingerprint density at radius 2 is 1.87 bits per heavy atom. The van der Waals surface area contributed by atoms with E-state index in [0.717, 1.165) is 21.9 Å². The van der Waals surface area contributed by atoms with Crippen LogP contribution in [0.25, 0.3) is 10.8 Å². The average molecular weight is 306 g/mol. The van der Waals surface area contributed by atoms with E-state index in [4.69, 9.17) is 0 Å². The van der Waals surface area contributed by atoms with E-state index in [1.807, 2.05) is 54.6 Å². The van der Waals surface area contributed by atoms with Gasteiger partial charge in [-0.25, -0.2) is 0 Å². The number of nitrogens with one attached hydrogen (secondary N) is 1. The number of aliphatic hydroxyl groups is 1. The summed E-state index contributed by atoms with van der Waals surface area (Å²) in [6, 6.07) is 17.1. The second-order valence-corrected chi connectivity index (χ2v) is 5.48. The summed E-state index contributed by atoms with van der Waals surface area (Å²) in [6.07, 6.45) is 1.16. The van der Waals surface area contributed by atoms with E-state index < -0.39 is 6.10 Å². The molecular formula is C19H18N2O2. The lowest BCUT2D eigenvalue weighted by Gasteiger charge is -2.09. The molecule has 0 bridgehead atoms. The van der Waals surface area contributed by atoms with Crippen molar-refractivity contribution in [1.82, 2.24) is 10.3 Å². The SMILES string of the molecule is C[C@H](O)c1ccc(CNC(=O)c2nccc3ccccc23)cc1. The summed E-state index contributed by atoms with van der Waals surface area (Å²) in [5.41, 5.74) is 2.27. The van der Waals surface area contributed by atoms with Crippen LogP contribution in [0.15, 0.2) is 60.8 Å². The molecule has 3 aromatic rings. The van der Waals surface area contributed by atoms with E-state index in [2.05, 4.69) is 10.3 Å². The summed E-state index contributed by atoms with van der Waals surface area (Å²) in [7, 11) is 0. The summed E-state index contributed by atoms with van der Waals surface area (Å²) >= 11 is 0. The highest BCUT2D eigenvalue weighted by Gasteiger charge is 2.11. The van der Waals surface area contributed by atoms with Gasteiger partial charge in [0.25, 0.3) is 5.91 Å². The highest BCUT2D eigenvalue weighted by atomic mass is 16.3. The predicted octanol–water partition coefficient (Wildman–Crippen LogP) is 3.22. The Balaban J connectivity index is 1.74. The second-order valence-electron chi connectivity index (χ2n) is 5.48. The molecule has 1 amide bonds. The van der Waals surface area contributed by atoms with Crippen molar-refractivity contribution in [3.63, 3.8) is 0 Å². The molecular weight excluding hydrogens is 288 g/mol. The zero-order chi connectivity index (χ0) is 16.2. The van der Waals surface area contributed by atoms with Crippen LogP contribution in [0.1, 0.15) is 34.6 Å². The first-order chi connectivity index (χ1) is 11.1. The zero-order valence-electron chi connectivity index (χ0n) is 12.9. The number of aromatic nitrogens is 1. The molecule has 2 N–H and O–H groups in total. The first-order valence-electron chi connectivity index (χ1n) is 7.54. The number of fused-ring (bicyclic) bond motifs is 1. The molecule has 0 spiro atoms. The molecule has 0 aliphatic rings. The van der Waals surface area contributed by atoms with Gasteiger partial charge in [0.2, 0.25) is 0 Å². The number of carbonyl (C=O) groups excluding carboxylic acids is 1. The molecule has 0 radical (unpaired) electrons. The third kappa shape index (κ3) is 3.38. The Hall–Kier alpha value is -2.72. The van der Waals surface area contributed by atoms with Gasteiger partial charge >= 0.3 is 0 Å². The van der Waals surface area contributed by atoms with Crippen LogP contribution in [-0.4, -0.2) is 16.0 Å². The van der Waals surface area contributed by atoms with Crippen LogP contribution in [0.3, 0.4) is 0 Å². The predicted molar refractivity (Wildman–Crippen MR) is 90.0 cm³/mol. The molecule has 4 nitrogen and oxygen atoms in total. The number of amides is 1. The molecule has 116 valence electrons. The smallest absolute Gasteiger partial charge is 0.270 e. The number of hydrogen-bond donors (Lipinski definition) is 2. The molecule has 0 aliphatic carbocycles. The van der Waals surface area contributed by atoms with Gasteiger partial charge in [-0.2, -0.15) is 0 Å². The van der Waals surface area contributed by atoms with Crippen LogP contribution >= 0.6 is 0 Å². The Morgan fingerprint density at radius 3 is 2.61 bits per heavy atom. The first-order valence-corrected chi connectivity index (χ1v) is 7.54. The monoisotopic (exact) mass is 306 g/mol. The number of nitrogens with zero attached hydrogens (tertiary/aromatic N) is 1. The molecule has 0 unspecified atom stereocenters. The van der Waals surface area contributed by atoms with E-state index in [1.165, 1.54) is 0 Å². The molecule has 1 heterocycles. The van der Waals surface area contributed by atoms with Gasteiger partial charge in [0, 0.05) is 18.1 Å². The van der Waals surface area contributed by atoms with Crippen LogP contribution in [0.5, 0.6) is 0 Å². The molecule has 1 atom stereocenters. The lowest BCUT2D eigenvalue weighted by atomic mass is 10.1. The van der Waals surface area contributed by atoms with Gasteiger partial charge in [-0.05, 0) is 29.5 Å². The van der Waals surface area contributed by atoms with Gasteiger partial charge in [-0.15, -0.1) is 0 Å². The summed E-state index contributed by atoms with van der Waals surface area (Å²) in [5.74, 6) is -0.193. The highest BCUT2D eigenvalue weighted by molar-refractivity contribution is 6.05. The molecule has 1 aromatic heterocycles. The average Bonchev–Trinajstić information content (AvgIpc) is 2.59. The number of carbonyl (C=O) groups is 1. The van der Waals surface area contributed by atoms with Crippen molar-refractivity contribution < 1.29 is 9.90 Å². The molecule has 0 saturated carbocycles. The Labute approximate surface area is 134 Å². The molecule has 4 heteroatoms. The van der Waals surface area contributed by atoms with Crippen LogP contribution in [0.2, 0.25) is 0 Å². The van der Waals surface area contributed by atoms with Gasteiger partial charge in [0.1, 0.15) is 5.69 Å². The van der Waals surface area contributed by atoms with Gasteiger partial charge < -0.3 is 10.4 Å². The molecule has 0 fully saturated rings. The quantitative estimate of drug-likeness (QED) is 0.778. The lowest BCUT2D eigenvalue weighted by Crippen LogP contribution is -2.24. The fourth-order valence-electron chi connectivity index (χ4n) is 2.48. The summed E-state index contributed by atoms with van der Waals surface area (Å²) in [6.45, 7) is 2.15. The fraction of sp³-hybridized carbons (Fsp3) is 0.158. The van der Waals surface area contributed by atoms with Crippen LogP contribution < -0.4 is 5.32 Å². The minimum absolute atomic E-state index is 0.193. The fourth-order valence-corrected chi connectivity index (χ4v) is 2.48. The number of rotatable bonds is 4.